The van der Waals surface area contributed by atoms with Crippen LogP contribution in [-0.4, -0.2) is 55.4 Å². The Kier molecular flexibility index (Phi) is 8.73. The standard InChI is InChI=1S/C20H29N2O8P/c1-14(19(25)27-4)12-31(26)29-13-20(2,3)17(30-31)18(24)22-10-7-16(23)28-11-15-5-8-21-9-6-15/h5-6,8-9,14,17H,7,10-13H2,1-4H3,(H,22,24)/t14-,17+,31-/m1/s1. The summed E-state index contributed by atoms with van der Waals surface area (Å²) in [5.41, 5.74) is 0.0515. The smallest absolute Gasteiger partial charge is 0.332 e. The highest BCUT2D eigenvalue weighted by Crippen LogP contribution is 2.57. The second-order valence-electron chi connectivity index (χ2n) is 8.02. The van der Waals surface area contributed by atoms with Gasteiger partial charge in [0.05, 0.1) is 32.2 Å². The molecule has 3 atom stereocenters. The molecule has 10 nitrogen and oxygen atoms in total. The van der Waals surface area contributed by atoms with Crippen LogP contribution in [0.15, 0.2) is 24.5 Å². The molecule has 1 aromatic rings. The van der Waals surface area contributed by atoms with Gasteiger partial charge in [-0.05, 0) is 17.7 Å². The van der Waals surface area contributed by atoms with Crippen molar-refractivity contribution in [3.05, 3.63) is 30.1 Å². The molecule has 1 aromatic heterocycles. The molecule has 0 spiro atoms. The monoisotopic (exact) mass is 456 g/mol. The number of hydrogen-bond donors (Lipinski definition) is 1. The van der Waals surface area contributed by atoms with Crippen LogP contribution in [0.25, 0.3) is 0 Å². The summed E-state index contributed by atoms with van der Waals surface area (Å²) in [6.07, 6.45) is 1.91. The minimum Gasteiger partial charge on any atom is -0.469 e. The van der Waals surface area contributed by atoms with Gasteiger partial charge in [-0.3, -0.25) is 28.5 Å². The van der Waals surface area contributed by atoms with Crippen molar-refractivity contribution in [3.8, 4) is 0 Å². The number of nitrogens with one attached hydrogen (secondary N) is 1. The molecule has 2 heterocycles. The van der Waals surface area contributed by atoms with E-state index in [2.05, 4.69) is 15.0 Å². The predicted molar refractivity (Wildman–Crippen MR) is 110 cm³/mol. The van der Waals surface area contributed by atoms with Crippen molar-refractivity contribution in [1.82, 2.24) is 10.3 Å². The van der Waals surface area contributed by atoms with E-state index in [-0.39, 0.29) is 32.3 Å². The average Bonchev–Trinajstić information content (AvgIpc) is 2.74. The first-order valence-corrected chi connectivity index (χ1v) is 11.6. The Hall–Kier alpha value is -2.29. The van der Waals surface area contributed by atoms with Crippen molar-refractivity contribution in [2.45, 2.75) is 39.9 Å². The average molecular weight is 456 g/mol. The molecule has 0 radical (unpaired) electrons. The number of carbonyl (C=O) groups is 3. The van der Waals surface area contributed by atoms with E-state index in [4.69, 9.17) is 13.8 Å². The topological polar surface area (TPSA) is 130 Å². The highest BCUT2D eigenvalue weighted by Gasteiger charge is 2.48. The highest BCUT2D eigenvalue weighted by molar-refractivity contribution is 7.54. The van der Waals surface area contributed by atoms with Gasteiger partial charge in [-0.2, -0.15) is 0 Å². The summed E-state index contributed by atoms with van der Waals surface area (Å²) in [6.45, 7) is 5.20. The van der Waals surface area contributed by atoms with Crippen LogP contribution in [0.1, 0.15) is 32.8 Å². The number of hydrogen-bond acceptors (Lipinski definition) is 9. The number of methoxy groups -OCH3 is 1. The van der Waals surface area contributed by atoms with Crippen LogP contribution in [0.5, 0.6) is 0 Å². The molecule has 1 aliphatic heterocycles. The summed E-state index contributed by atoms with van der Waals surface area (Å²) in [7, 11) is -2.45. The van der Waals surface area contributed by atoms with Gasteiger partial charge in [0.15, 0.2) is 6.10 Å². The summed E-state index contributed by atoms with van der Waals surface area (Å²) in [5.74, 6) is -2.24. The van der Waals surface area contributed by atoms with Gasteiger partial charge in [-0.15, -0.1) is 0 Å². The summed E-state index contributed by atoms with van der Waals surface area (Å²) in [4.78, 5) is 40.1. The van der Waals surface area contributed by atoms with E-state index in [0.717, 1.165) is 5.56 Å². The molecule has 0 aliphatic carbocycles. The Labute approximate surface area is 181 Å². The van der Waals surface area contributed by atoms with Gasteiger partial charge in [0, 0.05) is 24.4 Å². The van der Waals surface area contributed by atoms with Crippen molar-refractivity contribution >= 4 is 25.4 Å². The molecule has 0 unspecified atom stereocenters. The Morgan fingerprint density at radius 1 is 1.32 bits per heavy atom. The lowest BCUT2D eigenvalue weighted by Crippen LogP contribution is -2.50. The SMILES string of the molecule is COC(=O)[C@H](C)C[P@@]1(=O)OCC(C)(C)[C@H](C(=O)NCCC(=O)OCc2ccncc2)O1. The number of rotatable bonds is 9. The van der Waals surface area contributed by atoms with Gasteiger partial charge in [0.25, 0.3) is 0 Å². The van der Waals surface area contributed by atoms with Gasteiger partial charge in [0.1, 0.15) is 6.61 Å². The van der Waals surface area contributed by atoms with Gasteiger partial charge in [-0.25, -0.2) is 0 Å². The summed E-state index contributed by atoms with van der Waals surface area (Å²) in [6, 6.07) is 3.47. The zero-order valence-corrected chi connectivity index (χ0v) is 19.1. The number of pyridine rings is 1. The maximum absolute atomic E-state index is 13.0. The minimum absolute atomic E-state index is 0.0181. The Balaban J connectivity index is 1.86. The molecule has 2 rings (SSSR count). The van der Waals surface area contributed by atoms with Crippen LogP contribution in [0.3, 0.4) is 0 Å². The molecule has 1 N–H and O–H groups in total. The van der Waals surface area contributed by atoms with Crippen LogP contribution in [0.2, 0.25) is 0 Å². The molecule has 1 fully saturated rings. The molecular formula is C20H29N2O8P. The van der Waals surface area contributed by atoms with Crippen molar-refractivity contribution in [2.75, 3.05) is 26.4 Å². The Bertz CT molecular complexity index is 830. The van der Waals surface area contributed by atoms with Crippen LogP contribution in [-0.2, 0) is 44.1 Å². The number of ether oxygens (including phenoxy) is 2. The number of esters is 2. The van der Waals surface area contributed by atoms with Crippen molar-refractivity contribution < 1.29 is 37.5 Å². The van der Waals surface area contributed by atoms with E-state index in [9.17, 15) is 18.9 Å². The van der Waals surface area contributed by atoms with E-state index in [1.165, 1.54) is 7.11 Å². The van der Waals surface area contributed by atoms with E-state index < -0.39 is 42.9 Å². The molecule has 1 amide bonds. The maximum atomic E-state index is 13.0. The normalized spacial score (nSPS) is 23.4. The summed E-state index contributed by atoms with van der Waals surface area (Å²) in [5, 5.41) is 2.62. The molecule has 11 heteroatoms. The van der Waals surface area contributed by atoms with Gasteiger partial charge < -0.3 is 19.3 Å². The molecule has 0 aromatic carbocycles. The van der Waals surface area contributed by atoms with Crippen molar-refractivity contribution in [2.24, 2.45) is 11.3 Å². The fourth-order valence-electron chi connectivity index (χ4n) is 2.88. The van der Waals surface area contributed by atoms with Crippen molar-refractivity contribution in [1.29, 1.82) is 0 Å². The van der Waals surface area contributed by atoms with Crippen LogP contribution in [0.4, 0.5) is 0 Å². The van der Waals surface area contributed by atoms with E-state index >= 15 is 0 Å². The first-order chi connectivity index (χ1) is 14.6. The minimum atomic E-state index is -3.68. The number of nitrogens with zero attached hydrogens (tertiary/aromatic N) is 1. The third-order valence-corrected chi connectivity index (χ3v) is 6.78. The third kappa shape index (κ3) is 7.41. The fourth-order valence-corrected chi connectivity index (χ4v) is 5.18. The van der Waals surface area contributed by atoms with E-state index in [0.29, 0.717) is 0 Å². The number of amides is 1. The largest absolute Gasteiger partial charge is 0.469 e. The Morgan fingerprint density at radius 2 is 2.00 bits per heavy atom. The quantitative estimate of drug-likeness (QED) is 0.438. The molecule has 0 saturated carbocycles. The van der Waals surface area contributed by atoms with E-state index in [1.807, 2.05) is 0 Å². The van der Waals surface area contributed by atoms with Crippen LogP contribution in [0, 0.1) is 11.3 Å². The maximum Gasteiger partial charge on any atom is 0.332 e. The summed E-state index contributed by atoms with van der Waals surface area (Å²) >= 11 is 0. The molecule has 0 bridgehead atoms. The van der Waals surface area contributed by atoms with Gasteiger partial charge in [0.2, 0.25) is 5.91 Å². The first kappa shape index (κ1) is 25.0. The molecular weight excluding hydrogens is 427 g/mol. The second-order valence-corrected chi connectivity index (χ2v) is 10.1. The van der Waals surface area contributed by atoms with Crippen LogP contribution < -0.4 is 5.32 Å². The second kappa shape index (κ2) is 10.8. The predicted octanol–water partition coefficient (Wildman–Crippen LogP) is 2.07. The van der Waals surface area contributed by atoms with Crippen LogP contribution >= 0.6 is 7.60 Å². The molecule has 31 heavy (non-hydrogen) atoms. The lowest BCUT2D eigenvalue weighted by molar-refractivity contribution is -0.145. The Morgan fingerprint density at radius 3 is 2.65 bits per heavy atom. The van der Waals surface area contributed by atoms with Crippen molar-refractivity contribution in [3.63, 3.8) is 0 Å². The van der Waals surface area contributed by atoms with Gasteiger partial charge in [-0.1, -0.05) is 20.8 Å². The lowest BCUT2D eigenvalue weighted by Gasteiger charge is -2.40. The molecule has 172 valence electrons. The zero-order chi connectivity index (χ0) is 23.1. The molecule has 1 aliphatic rings. The number of carbonyl (C=O) groups excluding carboxylic acids is 3. The number of aromatic nitrogens is 1. The first-order valence-electron chi connectivity index (χ1n) is 9.88. The lowest BCUT2D eigenvalue weighted by atomic mass is 9.87. The third-order valence-electron chi connectivity index (χ3n) is 4.73. The summed E-state index contributed by atoms with van der Waals surface area (Å²) < 4.78 is 33.7. The zero-order valence-electron chi connectivity index (χ0n) is 18.2. The molecule has 1 saturated heterocycles. The van der Waals surface area contributed by atoms with Gasteiger partial charge >= 0.3 is 19.5 Å². The van der Waals surface area contributed by atoms with E-state index in [1.54, 1.807) is 45.3 Å². The fraction of sp³-hybridized carbons (Fsp3) is 0.600. The highest BCUT2D eigenvalue weighted by atomic mass is 31.2.